The third-order valence-corrected chi connectivity index (χ3v) is 7.74. The van der Waals surface area contributed by atoms with Crippen molar-refractivity contribution in [2.45, 2.75) is 32.0 Å². The van der Waals surface area contributed by atoms with Crippen LogP contribution in [-0.2, 0) is 22.5 Å². The molecule has 0 spiro atoms. The average Bonchev–Trinajstić information content (AvgIpc) is 2.95. The van der Waals surface area contributed by atoms with Gasteiger partial charge in [-0.1, -0.05) is 23.2 Å². The van der Waals surface area contributed by atoms with E-state index in [1.807, 2.05) is 41.0 Å². The fraction of sp³-hybridized carbons (Fsp3) is 0.393. The lowest BCUT2D eigenvalue weighted by Gasteiger charge is -2.40. The number of nitrogens with one attached hydrogen (secondary N) is 1. The molecule has 1 amide bonds. The molecule has 3 heterocycles. The van der Waals surface area contributed by atoms with Gasteiger partial charge in [0.15, 0.2) is 6.10 Å². The summed E-state index contributed by atoms with van der Waals surface area (Å²) in [6.45, 7) is 4.47. The normalized spacial score (nSPS) is 18.9. The number of carbonyl (C=O) groups is 1. The van der Waals surface area contributed by atoms with Gasteiger partial charge in [-0.2, -0.15) is 0 Å². The lowest BCUT2D eigenvalue weighted by molar-refractivity contribution is -0.147. The van der Waals surface area contributed by atoms with Gasteiger partial charge in [0, 0.05) is 41.3 Å². The summed E-state index contributed by atoms with van der Waals surface area (Å²) in [4.78, 5) is 26.6. The third-order valence-electron chi connectivity index (χ3n) is 7.21. The molecule has 39 heavy (non-hydrogen) atoms. The second-order valence-corrected chi connectivity index (χ2v) is 10.4. The van der Waals surface area contributed by atoms with Crippen LogP contribution in [0.3, 0.4) is 0 Å². The zero-order valence-electron chi connectivity index (χ0n) is 22.1. The molecular weight excluding hydrogens is 541 g/mol. The molecule has 3 aromatic rings. The summed E-state index contributed by atoms with van der Waals surface area (Å²) >= 11 is 12.7. The van der Waals surface area contributed by atoms with Crippen molar-refractivity contribution in [3.63, 3.8) is 0 Å². The van der Waals surface area contributed by atoms with Gasteiger partial charge in [0.1, 0.15) is 23.1 Å². The molecular formula is C28H31Cl2N5O4. The summed E-state index contributed by atoms with van der Waals surface area (Å²) in [5.74, 6) is 2.69. The van der Waals surface area contributed by atoms with Gasteiger partial charge in [0.2, 0.25) is 0 Å². The molecule has 1 N–H and O–H groups in total. The number of ether oxygens (including phenoxy) is 3. The van der Waals surface area contributed by atoms with E-state index in [1.165, 1.54) is 0 Å². The summed E-state index contributed by atoms with van der Waals surface area (Å²) in [7, 11) is 3.25. The number of benzene rings is 2. The van der Waals surface area contributed by atoms with Crippen LogP contribution in [0.4, 0.5) is 11.6 Å². The minimum Gasteiger partial charge on any atom is -0.497 e. The van der Waals surface area contributed by atoms with Crippen molar-refractivity contribution >= 4 is 40.7 Å². The molecule has 2 atom stereocenters. The van der Waals surface area contributed by atoms with Crippen LogP contribution in [0.1, 0.15) is 29.7 Å². The van der Waals surface area contributed by atoms with E-state index in [2.05, 4.69) is 10.3 Å². The van der Waals surface area contributed by atoms with Gasteiger partial charge in [-0.3, -0.25) is 9.78 Å². The number of hydrogen-bond donors (Lipinski definition) is 1. The zero-order chi connectivity index (χ0) is 27.5. The Morgan fingerprint density at radius 1 is 1.15 bits per heavy atom. The van der Waals surface area contributed by atoms with E-state index in [1.54, 1.807) is 32.7 Å². The maximum atomic E-state index is 13.6. The minimum atomic E-state index is -0.615. The van der Waals surface area contributed by atoms with Gasteiger partial charge in [-0.25, -0.2) is 4.98 Å². The maximum absolute atomic E-state index is 13.6. The molecule has 2 aliphatic rings. The van der Waals surface area contributed by atoms with Gasteiger partial charge in [0.25, 0.3) is 5.91 Å². The van der Waals surface area contributed by atoms with E-state index in [0.717, 1.165) is 28.2 Å². The van der Waals surface area contributed by atoms with Crippen LogP contribution in [0, 0.1) is 0 Å². The number of amides is 1. The molecule has 2 aliphatic heterocycles. The van der Waals surface area contributed by atoms with Crippen LogP contribution in [0.25, 0.3) is 0 Å². The molecule has 9 nitrogen and oxygen atoms in total. The number of fused-ring (bicyclic) bond motifs is 1. The fourth-order valence-corrected chi connectivity index (χ4v) is 5.87. The SMILES string of the molecule is COc1ccc(CNc2cncc(N3CCO[C@@H](C(=O)N4CCc5cc(Cl)cc(Cl)c5[C@@H]4C)C3)n2)c(OC)c1. The molecule has 0 saturated carbocycles. The average molecular weight is 572 g/mol. The van der Waals surface area contributed by atoms with Crippen molar-refractivity contribution in [1.29, 1.82) is 0 Å². The Labute approximate surface area is 238 Å². The number of anilines is 2. The van der Waals surface area contributed by atoms with E-state index in [0.29, 0.717) is 60.9 Å². The van der Waals surface area contributed by atoms with Gasteiger partial charge >= 0.3 is 0 Å². The molecule has 1 fully saturated rings. The van der Waals surface area contributed by atoms with Crippen molar-refractivity contribution in [3.05, 3.63) is 69.5 Å². The van der Waals surface area contributed by atoms with Crippen LogP contribution in [-0.4, -0.2) is 67.3 Å². The first-order valence-electron chi connectivity index (χ1n) is 12.8. The predicted molar refractivity (Wildman–Crippen MR) is 151 cm³/mol. The smallest absolute Gasteiger partial charge is 0.254 e. The van der Waals surface area contributed by atoms with E-state index in [-0.39, 0.29) is 11.9 Å². The number of halogens is 2. The lowest BCUT2D eigenvalue weighted by Crippen LogP contribution is -2.53. The maximum Gasteiger partial charge on any atom is 0.254 e. The van der Waals surface area contributed by atoms with E-state index >= 15 is 0 Å². The molecule has 0 unspecified atom stereocenters. The summed E-state index contributed by atoms with van der Waals surface area (Å²) in [5, 5.41) is 4.51. The van der Waals surface area contributed by atoms with Crippen molar-refractivity contribution in [2.24, 2.45) is 0 Å². The number of carbonyl (C=O) groups excluding carboxylic acids is 1. The third kappa shape index (κ3) is 5.85. The fourth-order valence-electron chi connectivity index (χ4n) is 5.17. The summed E-state index contributed by atoms with van der Waals surface area (Å²) in [5.41, 5.74) is 3.00. The first kappa shape index (κ1) is 27.3. The molecule has 0 aliphatic carbocycles. The van der Waals surface area contributed by atoms with Crippen LogP contribution < -0.4 is 19.7 Å². The Morgan fingerprint density at radius 3 is 2.79 bits per heavy atom. The summed E-state index contributed by atoms with van der Waals surface area (Å²) in [6, 6.07) is 9.17. The number of hydrogen-bond acceptors (Lipinski definition) is 8. The highest BCUT2D eigenvalue weighted by atomic mass is 35.5. The second-order valence-electron chi connectivity index (χ2n) is 9.52. The Morgan fingerprint density at radius 2 is 2.00 bits per heavy atom. The van der Waals surface area contributed by atoms with Crippen molar-refractivity contribution in [1.82, 2.24) is 14.9 Å². The Bertz CT molecular complexity index is 1360. The van der Waals surface area contributed by atoms with Gasteiger partial charge in [-0.15, -0.1) is 0 Å². The van der Waals surface area contributed by atoms with Crippen LogP contribution in [0.2, 0.25) is 10.0 Å². The van der Waals surface area contributed by atoms with E-state index in [9.17, 15) is 4.79 Å². The van der Waals surface area contributed by atoms with Crippen LogP contribution >= 0.6 is 23.2 Å². The lowest BCUT2D eigenvalue weighted by atomic mass is 9.93. The molecule has 5 rings (SSSR count). The highest BCUT2D eigenvalue weighted by Gasteiger charge is 2.36. The second kappa shape index (κ2) is 11.9. The number of methoxy groups -OCH3 is 2. The van der Waals surface area contributed by atoms with E-state index < -0.39 is 6.10 Å². The van der Waals surface area contributed by atoms with Gasteiger partial charge in [0.05, 0.1) is 45.8 Å². The highest BCUT2D eigenvalue weighted by molar-refractivity contribution is 6.35. The van der Waals surface area contributed by atoms with Crippen molar-refractivity contribution in [3.8, 4) is 11.5 Å². The first-order chi connectivity index (χ1) is 18.9. The zero-order valence-corrected chi connectivity index (χ0v) is 23.6. The largest absolute Gasteiger partial charge is 0.497 e. The van der Waals surface area contributed by atoms with Gasteiger partial charge < -0.3 is 29.3 Å². The Balaban J connectivity index is 1.26. The minimum absolute atomic E-state index is 0.0577. The quantitative estimate of drug-likeness (QED) is 0.434. The molecule has 11 heteroatoms. The van der Waals surface area contributed by atoms with Crippen molar-refractivity contribution in [2.75, 3.05) is 50.7 Å². The number of rotatable bonds is 7. The van der Waals surface area contributed by atoms with Crippen LogP contribution in [0.5, 0.6) is 11.5 Å². The van der Waals surface area contributed by atoms with Crippen molar-refractivity contribution < 1.29 is 19.0 Å². The Hall–Kier alpha value is -3.27. The summed E-state index contributed by atoms with van der Waals surface area (Å²) < 4.78 is 16.7. The first-order valence-corrected chi connectivity index (χ1v) is 13.5. The molecule has 1 saturated heterocycles. The topological polar surface area (TPSA) is 89.1 Å². The number of nitrogens with zero attached hydrogens (tertiary/aromatic N) is 4. The summed E-state index contributed by atoms with van der Waals surface area (Å²) in [6.07, 6.45) is 3.46. The molecule has 0 bridgehead atoms. The van der Waals surface area contributed by atoms with Gasteiger partial charge in [-0.05, 0) is 48.7 Å². The predicted octanol–water partition coefficient (Wildman–Crippen LogP) is 4.76. The number of aromatic nitrogens is 2. The van der Waals surface area contributed by atoms with E-state index in [4.69, 9.17) is 42.4 Å². The molecule has 2 aromatic carbocycles. The molecule has 1 aromatic heterocycles. The molecule has 0 radical (unpaired) electrons. The monoisotopic (exact) mass is 571 g/mol. The standard InChI is InChI=1S/C28H31Cl2N5O4/c1-17-27-18(10-20(29)11-22(27)30)6-7-35(17)28(36)24-16-34(8-9-39-24)26-15-31-14-25(33-26)32-13-19-4-5-21(37-2)12-23(19)38-3/h4-5,10-12,14-15,17,24H,6-9,13,16H2,1-3H3,(H,32,33)/t17-,24+/m0/s1. The number of morpholine rings is 1. The highest BCUT2D eigenvalue weighted by Crippen LogP contribution is 2.37. The molecule has 206 valence electrons. The van der Waals surface area contributed by atoms with Crippen LogP contribution in [0.15, 0.2) is 42.7 Å². The Kier molecular flexibility index (Phi) is 8.30.